The molecule has 5 nitrogen and oxygen atoms in total. The number of alkyl halides is 3. The summed E-state index contributed by atoms with van der Waals surface area (Å²) in [7, 11) is 0. The second-order valence-electron chi connectivity index (χ2n) is 6.88. The monoisotopic (exact) mass is 387 g/mol. The van der Waals surface area contributed by atoms with Crippen molar-refractivity contribution in [1.29, 1.82) is 0 Å². The molecule has 3 aromatic rings. The molecule has 0 spiro atoms. The number of hydrogen-bond donors (Lipinski definition) is 2. The number of halogens is 3. The van der Waals surface area contributed by atoms with Crippen LogP contribution < -0.4 is 5.73 Å². The number of aliphatic hydroxyl groups is 1. The first-order chi connectivity index (χ1) is 13.1. The number of amides is 1. The second-order valence-corrected chi connectivity index (χ2v) is 6.88. The first kappa shape index (κ1) is 18.2. The van der Waals surface area contributed by atoms with E-state index in [1.165, 1.54) is 29.1 Å². The number of benzene rings is 2. The molecule has 0 saturated heterocycles. The number of fused-ring (bicyclic) bond motifs is 3. The highest BCUT2D eigenvalue weighted by Crippen LogP contribution is 2.57. The van der Waals surface area contributed by atoms with E-state index in [2.05, 4.69) is 5.10 Å². The number of hydrogen-bond acceptors (Lipinski definition) is 3. The maximum atomic E-state index is 14.0. The number of carbonyl (C=O) groups is 1. The first-order valence-corrected chi connectivity index (χ1v) is 8.48. The van der Waals surface area contributed by atoms with Crippen LogP contribution in [0.4, 0.5) is 13.2 Å². The van der Waals surface area contributed by atoms with Crippen LogP contribution in [0.3, 0.4) is 0 Å². The molecule has 8 heteroatoms. The minimum absolute atomic E-state index is 0.142. The number of aryl methyl sites for hydroxylation is 1. The van der Waals surface area contributed by atoms with Crippen LogP contribution >= 0.6 is 0 Å². The zero-order valence-electron chi connectivity index (χ0n) is 14.8. The number of primary amides is 1. The van der Waals surface area contributed by atoms with E-state index in [-0.39, 0.29) is 17.7 Å². The van der Waals surface area contributed by atoms with E-state index in [1.807, 2.05) is 0 Å². The largest absolute Gasteiger partial charge is 0.425 e. The molecule has 0 bridgehead atoms. The molecule has 0 unspecified atom stereocenters. The third-order valence-electron chi connectivity index (χ3n) is 4.93. The zero-order valence-corrected chi connectivity index (χ0v) is 14.8. The predicted octanol–water partition coefficient (Wildman–Crippen LogP) is 3.12. The van der Waals surface area contributed by atoms with Crippen molar-refractivity contribution in [2.75, 3.05) is 0 Å². The highest BCUT2D eigenvalue weighted by Gasteiger charge is 2.61. The van der Waals surface area contributed by atoms with Crippen molar-refractivity contribution < 1.29 is 23.1 Å². The summed E-state index contributed by atoms with van der Waals surface area (Å²) in [5.74, 6) is -0.582. The molecule has 0 aliphatic heterocycles. The number of rotatable bonds is 3. The quantitative estimate of drug-likeness (QED) is 0.725. The fourth-order valence-electron chi connectivity index (χ4n) is 3.81. The molecule has 1 heterocycles. The lowest BCUT2D eigenvalue weighted by molar-refractivity contribution is -0.246. The van der Waals surface area contributed by atoms with Gasteiger partial charge < -0.3 is 10.8 Å². The first-order valence-electron chi connectivity index (χ1n) is 8.48. The van der Waals surface area contributed by atoms with Crippen LogP contribution in [-0.4, -0.2) is 27.0 Å². The van der Waals surface area contributed by atoms with Crippen molar-refractivity contribution in [3.05, 3.63) is 65.5 Å². The Balaban J connectivity index is 2.01. The lowest BCUT2D eigenvalue weighted by Crippen LogP contribution is -2.41. The Morgan fingerprint density at radius 3 is 2.61 bits per heavy atom. The number of nitrogens with two attached hydrogens (primary N) is 1. The summed E-state index contributed by atoms with van der Waals surface area (Å²) in [6, 6.07) is 9.05. The number of nitrogens with zero attached hydrogens (tertiary/aromatic N) is 2. The Morgan fingerprint density at radius 1 is 1.21 bits per heavy atom. The summed E-state index contributed by atoms with van der Waals surface area (Å²) in [6.45, 7) is 1.52. The van der Waals surface area contributed by atoms with Crippen molar-refractivity contribution in [3.63, 3.8) is 0 Å². The Kier molecular flexibility index (Phi) is 3.87. The lowest BCUT2D eigenvalue weighted by Gasteiger charge is -2.28. The highest BCUT2D eigenvalue weighted by molar-refractivity contribution is 5.92. The van der Waals surface area contributed by atoms with Gasteiger partial charge in [-0.15, -0.1) is 0 Å². The summed E-state index contributed by atoms with van der Waals surface area (Å²) >= 11 is 0. The highest BCUT2D eigenvalue weighted by atomic mass is 19.4. The normalized spacial score (nSPS) is 18.0. The fourth-order valence-corrected chi connectivity index (χ4v) is 3.81. The zero-order chi connectivity index (χ0) is 20.3. The van der Waals surface area contributed by atoms with Gasteiger partial charge in [-0.3, -0.25) is 9.48 Å². The third-order valence-corrected chi connectivity index (χ3v) is 4.93. The molecule has 144 valence electrons. The average molecular weight is 387 g/mol. The minimum Gasteiger partial charge on any atom is -0.372 e. The topological polar surface area (TPSA) is 81.1 Å². The van der Waals surface area contributed by atoms with Gasteiger partial charge in [0.1, 0.15) is 6.54 Å². The number of carbonyl (C=O) groups excluding carboxylic acids is 1. The summed E-state index contributed by atoms with van der Waals surface area (Å²) in [6.07, 6.45) is -1.88. The average Bonchev–Trinajstić information content (AvgIpc) is 3.16. The van der Waals surface area contributed by atoms with Gasteiger partial charge in [-0.1, -0.05) is 42.0 Å². The van der Waals surface area contributed by atoms with Crippen molar-refractivity contribution >= 4 is 5.91 Å². The van der Waals surface area contributed by atoms with Gasteiger partial charge in [-0.05, 0) is 23.6 Å². The van der Waals surface area contributed by atoms with Gasteiger partial charge in [0, 0.05) is 22.9 Å². The van der Waals surface area contributed by atoms with E-state index in [1.54, 1.807) is 31.3 Å². The summed E-state index contributed by atoms with van der Waals surface area (Å²) in [5.41, 5.74) is 3.88. The number of aromatic nitrogens is 2. The molecule has 1 aromatic heterocycles. The van der Waals surface area contributed by atoms with E-state index in [0.717, 1.165) is 0 Å². The summed E-state index contributed by atoms with van der Waals surface area (Å²) < 4.78 is 43.3. The molecular formula is C20H16F3N3O2. The van der Waals surface area contributed by atoms with Gasteiger partial charge in [0.15, 0.2) is 0 Å². The minimum atomic E-state index is -4.89. The molecule has 0 saturated carbocycles. The molecule has 4 rings (SSSR count). The van der Waals surface area contributed by atoms with Crippen LogP contribution in [0, 0.1) is 6.92 Å². The van der Waals surface area contributed by atoms with Crippen LogP contribution in [0.2, 0.25) is 0 Å². The van der Waals surface area contributed by atoms with E-state index in [4.69, 9.17) is 5.73 Å². The SMILES string of the molecule is Cc1cc(-c2cnn(CC(N)=O)c2)c2c(c1)[C@@](O)(C(F)(F)F)c1ccccc1-2. The van der Waals surface area contributed by atoms with Crippen LogP contribution in [-0.2, 0) is 16.9 Å². The third kappa shape index (κ3) is 2.52. The molecule has 1 aliphatic carbocycles. The van der Waals surface area contributed by atoms with Crippen LogP contribution in [0.1, 0.15) is 16.7 Å². The van der Waals surface area contributed by atoms with E-state index in [0.29, 0.717) is 27.8 Å². The molecule has 0 fully saturated rings. The lowest BCUT2D eigenvalue weighted by atomic mass is 9.88. The van der Waals surface area contributed by atoms with E-state index >= 15 is 0 Å². The van der Waals surface area contributed by atoms with Crippen molar-refractivity contribution in [1.82, 2.24) is 9.78 Å². The van der Waals surface area contributed by atoms with Crippen LogP contribution in [0.15, 0.2) is 48.8 Å². The predicted molar refractivity (Wildman–Crippen MR) is 96.1 cm³/mol. The van der Waals surface area contributed by atoms with Gasteiger partial charge in [0.25, 0.3) is 0 Å². The molecule has 28 heavy (non-hydrogen) atoms. The van der Waals surface area contributed by atoms with Gasteiger partial charge in [-0.2, -0.15) is 18.3 Å². The van der Waals surface area contributed by atoms with Crippen molar-refractivity contribution in [3.8, 4) is 22.3 Å². The van der Waals surface area contributed by atoms with Gasteiger partial charge in [-0.25, -0.2) is 0 Å². The Morgan fingerprint density at radius 2 is 1.93 bits per heavy atom. The van der Waals surface area contributed by atoms with Crippen LogP contribution in [0.25, 0.3) is 22.3 Å². The van der Waals surface area contributed by atoms with Crippen molar-refractivity contribution in [2.45, 2.75) is 25.2 Å². The smallest absolute Gasteiger partial charge is 0.372 e. The van der Waals surface area contributed by atoms with Crippen molar-refractivity contribution in [2.24, 2.45) is 5.73 Å². The summed E-state index contributed by atoms with van der Waals surface area (Å²) in [5, 5.41) is 14.9. The van der Waals surface area contributed by atoms with E-state index in [9.17, 15) is 23.1 Å². The van der Waals surface area contributed by atoms with Gasteiger partial charge in [0.2, 0.25) is 11.5 Å². The fraction of sp³-hybridized carbons (Fsp3) is 0.200. The maximum Gasteiger partial charge on any atom is 0.425 e. The summed E-state index contributed by atoms with van der Waals surface area (Å²) in [4.78, 5) is 11.1. The maximum absolute atomic E-state index is 14.0. The molecule has 0 radical (unpaired) electrons. The molecule has 2 aromatic carbocycles. The Labute approximate surface area is 158 Å². The molecule has 1 atom stereocenters. The Hall–Kier alpha value is -3.13. The Bertz CT molecular complexity index is 1100. The van der Waals surface area contributed by atoms with Gasteiger partial charge >= 0.3 is 6.18 Å². The molecule has 1 aliphatic rings. The van der Waals surface area contributed by atoms with Gasteiger partial charge in [0.05, 0.1) is 6.20 Å². The van der Waals surface area contributed by atoms with Crippen LogP contribution in [0.5, 0.6) is 0 Å². The van der Waals surface area contributed by atoms with E-state index < -0.39 is 17.7 Å². The standard InChI is InChI=1S/C20H16F3N3O2/c1-11-6-14(12-8-25-26(9-12)10-17(24)27)18-13-4-2-3-5-15(13)19(28,16(18)7-11)20(21,22)23/h2-9,28H,10H2,1H3,(H2,24,27)/t19-/m1/s1. The molecule has 1 amide bonds. The molecular weight excluding hydrogens is 371 g/mol. The second kappa shape index (κ2) is 5.93. The molecule has 3 N–H and O–H groups in total.